The van der Waals surface area contributed by atoms with Gasteiger partial charge < -0.3 is 16.0 Å². The summed E-state index contributed by atoms with van der Waals surface area (Å²) < 4.78 is 11.9. The smallest absolute Gasteiger partial charge is 0.237 e. The second-order valence-electron chi connectivity index (χ2n) is 4.15. The monoisotopic (exact) mass is 249 g/mol. The van der Waals surface area contributed by atoms with Crippen molar-refractivity contribution in [2.45, 2.75) is 12.5 Å². The van der Waals surface area contributed by atoms with E-state index < -0.39 is 12.7 Å². The first kappa shape index (κ1) is 12.6. The van der Waals surface area contributed by atoms with Crippen LogP contribution in [0.15, 0.2) is 30.5 Å². The number of hydrogen-bond donors (Lipinski definition) is 3. The second-order valence-corrected chi connectivity index (χ2v) is 4.15. The molecule has 0 bridgehead atoms. The van der Waals surface area contributed by atoms with E-state index in [4.69, 9.17) is 5.73 Å². The van der Waals surface area contributed by atoms with Gasteiger partial charge >= 0.3 is 0 Å². The Balaban J connectivity index is 2.07. The SMILES string of the molecule is NC(Cc1c[nH]c2ccccc12)C(=O)NCCF. The number of fused-ring (bicyclic) bond motifs is 1. The molecule has 1 heterocycles. The van der Waals surface area contributed by atoms with Gasteiger partial charge in [-0.1, -0.05) is 18.2 Å². The zero-order chi connectivity index (χ0) is 13.0. The highest BCUT2D eigenvalue weighted by molar-refractivity contribution is 5.86. The summed E-state index contributed by atoms with van der Waals surface area (Å²) in [4.78, 5) is 14.7. The lowest BCUT2D eigenvalue weighted by atomic mass is 10.1. The molecule has 0 aliphatic heterocycles. The fourth-order valence-electron chi connectivity index (χ4n) is 1.93. The molecule has 2 rings (SSSR count). The molecule has 4 N–H and O–H groups in total. The summed E-state index contributed by atoms with van der Waals surface area (Å²) in [6, 6.07) is 7.17. The number of benzene rings is 1. The van der Waals surface area contributed by atoms with Crippen LogP contribution in [0, 0.1) is 0 Å². The van der Waals surface area contributed by atoms with Gasteiger partial charge in [-0.2, -0.15) is 0 Å². The number of aromatic nitrogens is 1. The molecule has 4 nitrogen and oxygen atoms in total. The molecule has 0 saturated heterocycles. The Hall–Kier alpha value is -1.88. The Morgan fingerprint density at radius 3 is 3.00 bits per heavy atom. The van der Waals surface area contributed by atoms with Crippen molar-refractivity contribution in [3.05, 3.63) is 36.0 Å². The van der Waals surface area contributed by atoms with Crippen LogP contribution in [-0.4, -0.2) is 30.2 Å². The van der Waals surface area contributed by atoms with E-state index in [-0.39, 0.29) is 12.5 Å². The molecule has 96 valence electrons. The van der Waals surface area contributed by atoms with E-state index in [2.05, 4.69) is 10.3 Å². The van der Waals surface area contributed by atoms with Crippen molar-refractivity contribution in [1.29, 1.82) is 0 Å². The standard InChI is InChI=1S/C13H16FN3O/c14-5-6-16-13(18)11(15)7-9-8-17-12-4-2-1-3-10(9)12/h1-4,8,11,17H,5-7,15H2,(H,16,18). The molecule has 0 aliphatic rings. The van der Waals surface area contributed by atoms with Gasteiger partial charge in [0.1, 0.15) is 6.67 Å². The van der Waals surface area contributed by atoms with Gasteiger partial charge in [0.15, 0.2) is 0 Å². The topological polar surface area (TPSA) is 70.9 Å². The summed E-state index contributed by atoms with van der Waals surface area (Å²) >= 11 is 0. The van der Waals surface area contributed by atoms with E-state index in [1.165, 1.54) is 0 Å². The number of amides is 1. The van der Waals surface area contributed by atoms with Crippen molar-refractivity contribution < 1.29 is 9.18 Å². The average Bonchev–Trinajstić information content (AvgIpc) is 2.79. The molecule has 0 radical (unpaired) electrons. The number of halogens is 1. The maximum absolute atomic E-state index is 11.9. The number of nitrogens with one attached hydrogen (secondary N) is 2. The maximum Gasteiger partial charge on any atom is 0.237 e. The minimum absolute atomic E-state index is 0.0143. The first-order chi connectivity index (χ1) is 8.72. The van der Waals surface area contributed by atoms with E-state index in [1.807, 2.05) is 30.5 Å². The van der Waals surface area contributed by atoms with Crippen LogP contribution in [0.1, 0.15) is 5.56 Å². The summed E-state index contributed by atoms with van der Waals surface area (Å²) in [6.07, 6.45) is 2.29. The molecule has 0 spiro atoms. The third kappa shape index (κ3) is 2.68. The molecule has 2 aromatic rings. The third-order valence-electron chi connectivity index (χ3n) is 2.85. The van der Waals surface area contributed by atoms with E-state index in [1.54, 1.807) is 0 Å². The highest BCUT2D eigenvalue weighted by atomic mass is 19.1. The molecule has 1 unspecified atom stereocenters. The lowest BCUT2D eigenvalue weighted by molar-refractivity contribution is -0.122. The van der Waals surface area contributed by atoms with E-state index in [0.717, 1.165) is 16.5 Å². The quantitative estimate of drug-likeness (QED) is 0.743. The number of carbonyl (C=O) groups is 1. The molecule has 1 aromatic carbocycles. The number of rotatable bonds is 5. The fourth-order valence-corrected chi connectivity index (χ4v) is 1.93. The first-order valence-corrected chi connectivity index (χ1v) is 5.86. The zero-order valence-corrected chi connectivity index (χ0v) is 9.95. The van der Waals surface area contributed by atoms with Gasteiger partial charge in [-0.3, -0.25) is 4.79 Å². The molecule has 5 heteroatoms. The molecule has 1 atom stereocenters. The molecular weight excluding hydrogens is 233 g/mol. The van der Waals surface area contributed by atoms with Crippen LogP contribution in [0.5, 0.6) is 0 Å². The van der Waals surface area contributed by atoms with Crippen molar-refractivity contribution in [2.24, 2.45) is 5.73 Å². The summed E-state index contributed by atoms with van der Waals surface area (Å²) in [7, 11) is 0. The fraction of sp³-hybridized carbons (Fsp3) is 0.308. The minimum atomic E-state index is -0.657. The van der Waals surface area contributed by atoms with Crippen molar-refractivity contribution in [1.82, 2.24) is 10.3 Å². The number of aromatic amines is 1. The van der Waals surface area contributed by atoms with E-state index >= 15 is 0 Å². The molecule has 18 heavy (non-hydrogen) atoms. The lowest BCUT2D eigenvalue weighted by Gasteiger charge is -2.10. The summed E-state index contributed by atoms with van der Waals surface area (Å²) in [6.45, 7) is -0.564. The normalized spacial score (nSPS) is 12.6. The average molecular weight is 249 g/mol. The van der Waals surface area contributed by atoms with Crippen molar-refractivity contribution in [3.63, 3.8) is 0 Å². The number of alkyl halides is 1. The van der Waals surface area contributed by atoms with Crippen molar-refractivity contribution >= 4 is 16.8 Å². The van der Waals surface area contributed by atoms with E-state index in [0.29, 0.717) is 6.42 Å². The Bertz CT molecular complexity index is 538. The number of H-pyrrole nitrogens is 1. The predicted octanol–water partition coefficient (Wildman–Crippen LogP) is 1.12. The summed E-state index contributed by atoms with van der Waals surface area (Å²) in [5.41, 5.74) is 7.80. The minimum Gasteiger partial charge on any atom is -0.361 e. The van der Waals surface area contributed by atoms with Gasteiger partial charge in [0.25, 0.3) is 0 Å². The van der Waals surface area contributed by atoms with Crippen molar-refractivity contribution in [2.75, 3.05) is 13.2 Å². The zero-order valence-electron chi connectivity index (χ0n) is 9.95. The highest BCUT2D eigenvalue weighted by Crippen LogP contribution is 2.18. The molecule has 0 aliphatic carbocycles. The van der Waals surface area contributed by atoms with Crippen LogP contribution < -0.4 is 11.1 Å². The molecular formula is C13H16FN3O. The van der Waals surface area contributed by atoms with Gasteiger partial charge in [0.05, 0.1) is 6.04 Å². The lowest BCUT2D eigenvalue weighted by Crippen LogP contribution is -2.42. The largest absolute Gasteiger partial charge is 0.361 e. The molecule has 0 saturated carbocycles. The number of para-hydroxylation sites is 1. The van der Waals surface area contributed by atoms with Crippen LogP contribution in [-0.2, 0) is 11.2 Å². The van der Waals surface area contributed by atoms with Crippen molar-refractivity contribution in [3.8, 4) is 0 Å². The number of carbonyl (C=O) groups excluding carboxylic acids is 1. The summed E-state index contributed by atoms with van der Waals surface area (Å²) in [5.74, 6) is -0.321. The van der Waals surface area contributed by atoms with Crippen LogP contribution >= 0.6 is 0 Å². The Morgan fingerprint density at radius 2 is 2.22 bits per heavy atom. The Morgan fingerprint density at radius 1 is 1.44 bits per heavy atom. The maximum atomic E-state index is 11.9. The number of hydrogen-bond acceptors (Lipinski definition) is 2. The van der Waals surface area contributed by atoms with Gasteiger partial charge in [0.2, 0.25) is 5.91 Å². The van der Waals surface area contributed by atoms with Gasteiger partial charge in [0, 0.05) is 23.6 Å². The Labute approximate surface area is 104 Å². The van der Waals surface area contributed by atoms with Crippen LogP contribution in [0.3, 0.4) is 0 Å². The van der Waals surface area contributed by atoms with Gasteiger partial charge in [-0.05, 0) is 18.1 Å². The number of nitrogens with two attached hydrogens (primary N) is 1. The summed E-state index contributed by atoms with van der Waals surface area (Å²) in [5, 5.41) is 3.50. The molecule has 1 amide bonds. The van der Waals surface area contributed by atoms with E-state index in [9.17, 15) is 9.18 Å². The molecule has 1 aromatic heterocycles. The third-order valence-corrected chi connectivity index (χ3v) is 2.85. The highest BCUT2D eigenvalue weighted by Gasteiger charge is 2.15. The van der Waals surface area contributed by atoms with Crippen LogP contribution in [0.2, 0.25) is 0 Å². The molecule has 0 fully saturated rings. The van der Waals surface area contributed by atoms with Crippen LogP contribution in [0.4, 0.5) is 4.39 Å². The first-order valence-electron chi connectivity index (χ1n) is 5.86. The predicted molar refractivity (Wildman–Crippen MR) is 69.0 cm³/mol. The van der Waals surface area contributed by atoms with Crippen LogP contribution in [0.25, 0.3) is 10.9 Å². The van der Waals surface area contributed by atoms with Gasteiger partial charge in [-0.15, -0.1) is 0 Å². The van der Waals surface area contributed by atoms with Gasteiger partial charge in [-0.25, -0.2) is 4.39 Å². The Kier molecular flexibility index (Phi) is 3.94. The second kappa shape index (κ2) is 5.64.